The van der Waals surface area contributed by atoms with Crippen molar-refractivity contribution in [3.63, 3.8) is 0 Å². The summed E-state index contributed by atoms with van der Waals surface area (Å²) in [6.07, 6.45) is 10.4. The van der Waals surface area contributed by atoms with Crippen LogP contribution in [0.25, 0.3) is 0 Å². The van der Waals surface area contributed by atoms with Crippen LogP contribution in [0.1, 0.15) is 76.3 Å². The molecule has 1 aliphatic carbocycles. The number of carbonyl (C=O) groups is 1. The fraction of sp³-hybridized carbons (Fsp3) is 0.704. The molecule has 1 saturated carbocycles. The summed E-state index contributed by atoms with van der Waals surface area (Å²) in [5, 5.41) is 21.8. The Morgan fingerprint density at radius 2 is 1.88 bits per heavy atom. The second kappa shape index (κ2) is 12.4. The third-order valence-corrected chi connectivity index (χ3v) is 7.37. The molecule has 2 fully saturated rings. The zero-order valence-electron chi connectivity index (χ0n) is 19.9. The van der Waals surface area contributed by atoms with E-state index in [4.69, 9.17) is 5.26 Å². The fourth-order valence-corrected chi connectivity index (χ4v) is 5.55. The van der Waals surface area contributed by atoms with Crippen LogP contribution < -0.4 is 5.32 Å². The number of aliphatic carboxylic acids is 1. The number of hydrogen-bond acceptors (Lipinski definition) is 4. The van der Waals surface area contributed by atoms with E-state index >= 15 is 0 Å². The highest BCUT2D eigenvalue weighted by Crippen LogP contribution is 2.30. The van der Waals surface area contributed by atoms with E-state index in [0.717, 1.165) is 30.7 Å². The van der Waals surface area contributed by atoms with E-state index in [9.17, 15) is 9.90 Å². The molecule has 176 valence electrons. The third kappa shape index (κ3) is 7.90. The largest absolute Gasteiger partial charge is 0.480 e. The van der Waals surface area contributed by atoms with Gasteiger partial charge in [-0.05, 0) is 99.9 Å². The SMILES string of the molecule is CC(C)CC(NC1CCC(CN2CCC(CCCc3ccc(C#N)cc3)CC2)C1)C(=O)O. The standard InChI is InChI=1S/C27H41N3O2/c1-20(2)16-26(27(31)32)29-25-11-10-24(17-25)19-30-14-12-22(13-15-30)5-3-4-21-6-8-23(18-28)9-7-21/h6-9,20,22,24-26,29H,3-5,10-17,19H2,1-2H3,(H,31,32). The Morgan fingerprint density at radius 1 is 1.16 bits per heavy atom. The normalized spacial score (nSPS) is 23.3. The fourth-order valence-electron chi connectivity index (χ4n) is 5.55. The maximum Gasteiger partial charge on any atom is 0.320 e. The lowest BCUT2D eigenvalue weighted by Gasteiger charge is -2.33. The van der Waals surface area contributed by atoms with E-state index in [1.807, 2.05) is 12.1 Å². The molecular formula is C27H41N3O2. The summed E-state index contributed by atoms with van der Waals surface area (Å²) in [6, 6.07) is 10.2. The number of benzene rings is 1. The molecule has 32 heavy (non-hydrogen) atoms. The summed E-state index contributed by atoms with van der Waals surface area (Å²) in [6.45, 7) is 7.78. The number of nitriles is 1. The van der Waals surface area contributed by atoms with Crippen LogP contribution in [0, 0.1) is 29.1 Å². The highest BCUT2D eigenvalue weighted by molar-refractivity contribution is 5.73. The van der Waals surface area contributed by atoms with Gasteiger partial charge in [0, 0.05) is 12.6 Å². The van der Waals surface area contributed by atoms with E-state index in [1.54, 1.807) is 0 Å². The quantitative estimate of drug-likeness (QED) is 0.515. The number of rotatable bonds is 11. The van der Waals surface area contributed by atoms with Crippen LogP contribution in [0.2, 0.25) is 0 Å². The van der Waals surface area contributed by atoms with E-state index in [-0.39, 0.29) is 0 Å². The second-order valence-corrected chi connectivity index (χ2v) is 10.5. The number of nitrogens with zero attached hydrogens (tertiary/aromatic N) is 2. The minimum absolute atomic E-state index is 0.361. The minimum Gasteiger partial charge on any atom is -0.480 e. The Labute approximate surface area is 194 Å². The zero-order chi connectivity index (χ0) is 22.9. The molecule has 2 N–H and O–H groups in total. The van der Waals surface area contributed by atoms with Crippen molar-refractivity contribution in [3.05, 3.63) is 35.4 Å². The molecule has 0 aromatic heterocycles. The molecule has 5 nitrogen and oxygen atoms in total. The van der Waals surface area contributed by atoms with Crippen molar-refractivity contribution in [1.82, 2.24) is 10.2 Å². The van der Waals surface area contributed by atoms with Crippen LogP contribution in [0.3, 0.4) is 0 Å². The van der Waals surface area contributed by atoms with Crippen LogP contribution in [-0.4, -0.2) is 47.7 Å². The van der Waals surface area contributed by atoms with Crippen molar-refractivity contribution in [3.8, 4) is 6.07 Å². The summed E-state index contributed by atoms with van der Waals surface area (Å²) in [4.78, 5) is 14.2. The first-order chi connectivity index (χ1) is 15.4. The van der Waals surface area contributed by atoms with Gasteiger partial charge in [0.2, 0.25) is 0 Å². The first-order valence-electron chi connectivity index (χ1n) is 12.6. The van der Waals surface area contributed by atoms with Crippen molar-refractivity contribution in [2.75, 3.05) is 19.6 Å². The molecule has 5 heteroatoms. The predicted molar refractivity (Wildman–Crippen MR) is 128 cm³/mol. The van der Waals surface area contributed by atoms with Crippen LogP contribution in [-0.2, 0) is 11.2 Å². The number of aryl methyl sites for hydroxylation is 1. The molecule has 1 saturated heterocycles. The van der Waals surface area contributed by atoms with Gasteiger partial charge in [0.05, 0.1) is 11.6 Å². The van der Waals surface area contributed by atoms with Gasteiger partial charge in [-0.3, -0.25) is 4.79 Å². The predicted octanol–water partition coefficient (Wildman–Crippen LogP) is 4.85. The van der Waals surface area contributed by atoms with Crippen LogP contribution in [0.4, 0.5) is 0 Å². The van der Waals surface area contributed by atoms with Crippen LogP contribution in [0.15, 0.2) is 24.3 Å². The van der Waals surface area contributed by atoms with Crippen molar-refractivity contribution >= 4 is 5.97 Å². The maximum atomic E-state index is 11.6. The smallest absolute Gasteiger partial charge is 0.320 e. The number of nitrogens with one attached hydrogen (secondary N) is 1. The summed E-state index contributed by atoms with van der Waals surface area (Å²) in [7, 11) is 0. The lowest BCUT2D eigenvalue weighted by molar-refractivity contribution is -0.140. The monoisotopic (exact) mass is 439 g/mol. The molecule has 3 unspecified atom stereocenters. The van der Waals surface area contributed by atoms with Crippen LogP contribution >= 0.6 is 0 Å². The van der Waals surface area contributed by atoms with Crippen molar-refractivity contribution in [1.29, 1.82) is 5.26 Å². The van der Waals surface area contributed by atoms with Crippen molar-refractivity contribution in [2.24, 2.45) is 17.8 Å². The zero-order valence-corrected chi connectivity index (χ0v) is 19.9. The summed E-state index contributed by atoms with van der Waals surface area (Å²) in [5.74, 6) is 1.23. The van der Waals surface area contributed by atoms with Gasteiger partial charge in [0.25, 0.3) is 0 Å². The molecule has 0 spiro atoms. The Morgan fingerprint density at radius 3 is 2.50 bits per heavy atom. The molecular weight excluding hydrogens is 398 g/mol. The van der Waals surface area contributed by atoms with Gasteiger partial charge in [-0.1, -0.05) is 32.4 Å². The van der Waals surface area contributed by atoms with Gasteiger partial charge in [-0.15, -0.1) is 0 Å². The lowest BCUT2D eigenvalue weighted by Crippen LogP contribution is -2.43. The van der Waals surface area contributed by atoms with E-state index in [0.29, 0.717) is 24.3 Å². The number of piperidine rings is 1. The summed E-state index contributed by atoms with van der Waals surface area (Å²) >= 11 is 0. The molecule has 1 aromatic rings. The highest BCUT2D eigenvalue weighted by Gasteiger charge is 2.31. The molecule has 1 aliphatic heterocycles. The average molecular weight is 440 g/mol. The first-order valence-corrected chi connectivity index (χ1v) is 12.6. The highest BCUT2D eigenvalue weighted by atomic mass is 16.4. The molecule has 3 rings (SSSR count). The number of likely N-dealkylation sites (tertiary alicyclic amines) is 1. The third-order valence-electron chi connectivity index (χ3n) is 7.37. The van der Waals surface area contributed by atoms with Gasteiger partial charge in [-0.25, -0.2) is 0 Å². The van der Waals surface area contributed by atoms with E-state index in [2.05, 4.69) is 42.3 Å². The Balaban J connectivity index is 1.31. The van der Waals surface area contributed by atoms with Crippen LogP contribution in [0.5, 0.6) is 0 Å². The van der Waals surface area contributed by atoms with Crippen molar-refractivity contribution in [2.45, 2.75) is 83.7 Å². The average Bonchev–Trinajstić information content (AvgIpc) is 3.21. The summed E-state index contributed by atoms with van der Waals surface area (Å²) in [5.41, 5.74) is 2.08. The van der Waals surface area contributed by atoms with E-state index in [1.165, 1.54) is 57.3 Å². The van der Waals surface area contributed by atoms with Gasteiger partial charge in [0.1, 0.15) is 6.04 Å². The maximum absolute atomic E-state index is 11.6. The van der Waals surface area contributed by atoms with Crippen molar-refractivity contribution < 1.29 is 9.90 Å². The molecule has 0 amide bonds. The molecule has 1 heterocycles. The Hall–Kier alpha value is -1.90. The summed E-state index contributed by atoms with van der Waals surface area (Å²) < 4.78 is 0. The van der Waals surface area contributed by atoms with Gasteiger partial charge in [-0.2, -0.15) is 5.26 Å². The Kier molecular flexibility index (Phi) is 9.56. The first kappa shape index (κ1) is 24.7. The van der Waals surface area contributed by atoms with Gasteiger partial charge < -0.3 is 15.3 Å². The minimum atomic E-state index is -0.705. The number of carboxylic acids is 1. The Bertz CT molecular complexity index is 747. The van der Waals surface area contributed by atoms with E-state index < -0.39 is 12.0 Å². The second-order valence-electron chi connectivity index (χ2n) is 10.5. The molecule has 0 radical (unpaired) electrons. The van der Waals surface area contributed by atoms with Gasteiger partial charge >= 0.3 is 5.97 Å². The molecule has 2 aliphatic rings. The number of carboxylic acid groups (broad SMARTS) is 1. The topological polar surface area (TPSA) is 76.4 Å². The van der Waals surface area contributed by atoms with Gasteiger partial charge in [0.15, 0.2) is 0 Å². The number of hydrogen-bond donors (Lipinski definition) is 2. The molecule has 1 aromatic carbocycles. The lowest BCUT2D eigenvalue weighted by atomic mass is 9.90. The molecule has 3 atom stereocenters. The molecule has 0 bridgehead atoms.